The maximum Gasteiger partial charge on any atom is 0.237 e. The van der Waals surface area contributed by atoms with Gasteiger partial charge in [0.25, 0.3) is 0 Å². The molecule has 0 spiro atoms. The summed E-state index contributed by atoms with van der Waals surface area (Å²) in [5, 5.41) is 9.66. The number of carbonyl (C=O) groups is 2. The van der Waals surface area contributed by atoms with Crippen molar-refractivity contribution >= 4 is 11.8 Å². The summed E-state index contributed by atoms with van der Waals surface area (Å²) in [4.78, 5) is 30.9. The summed E-state index contributed by atoms with van der Waals surface area (Å²) in [6, 6.07) is 9.16. The molecule has 8 nitrogen and oxygen atoms in total. The summed E-state index contributed by atoms with van der Waals surface area (Å²) in [6.07, 6.45) is 0.593. The lowest BCUT2D eigenvalue weighted by molar-refractivity contribution is -0.134. The van der Waals surface area contributed by atoms with Crippen molar-refractivity contribution in [3.8, 4) is 11.4 Å². The van der Waals surface area contributed by atoms with Gasteiger partial charge in [-0.25, -0.2) is 0 Å². The number of hydrogen-bond donors (Lipinski definition) is 2. The van der Waals surface area contributed by atoms with Gasteiger partial charge in [0.2, 0.25) is 23.5 Å². The minimum Gasteiger partial charge on any atom is -0.356 e. The van der Waals surface area contributed by atoms with E-state index in [0.717, 1.165) is 18.7 Å². The molecule has 0 aliphatic carbocycles. The molecule has 1 aliphatic rings. The Bertz CT molecular complexity index is 790. The Labute approximate surface area is 164 Å². The number of benzene rings is 1. The number of nitrogens with zero attached hydrogens (tertiary/aromatic N) is 3. The second-order valence-corrected chi connectivity index (χ2v) is 7.38. The van der Waals surface area contributed by atoms with Gasteiger partial charge in [-0.15, -0.1) is 0 Å². The van der Waals surface area contributed by atoms with Crippen molar-refractivity contribution in [3.63, 3.8) is 0 Å². The van der Waals surface area contributed by atoms with Crippen LogP contribution >= 0.6 is 0 Å². The van der Waals surface area contributed by atoms with E-state index < -0.39 is 6.04 Å². The number of nitrogens with one attached hydrogen (secondary N) is 2. The van der Waals surface area contributed by atoms with Gasteiger partial charge in [-0.3, -0.25) is 14.5 Å². The van der Waals surface area contributed by atoms with E-state index in [0.29, 0.717) is 37.1 Å². The zero-order valence-corrected chi connectivity index (χ0v) is 16.4. The lowest BCUT2D eigenvalue weighted by atomic mass is 10.1. The third kappa shape index (κ3) is 5.39. The Kier molecular flexibility index (Phi) is 6.76. The van der Waals surface area contributed by atoms with Gasteiger partial charge in [0.1, 0.15) is 0 Å². The van der Waals surface area contributed by atoms with Crippen molar-refractivity contribution in [2.24, 2.45) is 5.92 Å². The molecule has 0 radical (unpaired) electrons. The highest BCUT2D eigenvalue weighted by molar-refractivity contribution is 5.88. The van der Waals surface area contributed by atoms with Crippen LogP contribution in [0.15, 0.2) is 34.9 Å². The average Bonchev–Trinajstić information content (AvgIpc) is 3.14. The van der Waals surface area contributed by atoms with Crippen LogP contribution in [0.2, 0.25) is 0 Å². The van der Waals surface area contributed by atoms with E-state index in [-0.39, 0.29) is 18.2 Å². The SMILES string of the molecule is CC(C)CN1CCNC(=O)[C@@H]1CC(=O)NCCc1nc(-c2ccccc2)no1. The fourth-order valence-corrected chi connectivity index (χ4v) is 3.29. The molecule has 2 aromatic rings. The van der Waals surface area contributed by atoms with Crippen molar-refractivity contribution in [3.05, 3.63) is 36.2 Å². The highest BCUT2D eigenvalue weighted by Gasteiger charge is 2.31. The van der Waals surface area contributed by atoms with Crippen LogP contribution in [0.5, 0.6) is 0 Å². The molecule has 8 heteroatoms. The molecule has 3 rings (SSSR count). The summed E-state index contributed by atoms with van der Waals surface area (Å²) in [6.45, 7) is 6.80. The Morgan fingerprint density at radius 1 is 1.36 bits per heavy atom. The molecule has 1 atom stereocenters. The molecule has 28 heavy (non-hydrogen) atoms. The molecule has 150 valence electrons. The number of carbonyl (C=O) groups excluding carboxylic acids is 2. The Balaban J connectivity index is 1.47. The fraction of sp³-hybridized carbons (Fsp3) is 0.500. The molecule has 1 aromatic heterocycles. The lowest BCUT2D eigenvalue weighted by Gasteiger charge is -2.35. The van der Waals surface area contributed by atoms with Gasteiger partial charge in [-0.05, 0) is 5.92 Å². The normalized spacial score (nSPS) is 17.5. The van der Waals surface area contributed by atoms with Crippen LogP contribution in [0.4, 0.5) is 0 Å². The van der Waals surface area contributed by atoms with Crippen molar-refractivity contribution in [2.45, 2.75) is 32.7 Å². The zero-order chi connectivity index (χ0) is 19.9. The van der Waals surface area contributed by atoms with Crippen LogP contribution < -0.4 is 10.6 Å². The fourth-order valence-electron chi connectivity index (χ4n) is 3.29. The van der Waals surface area contributed by atoms with Crippen LogP contribution in [0.25, 0.3) is 11.4 Å². The summed E-state index contributed by atoms with van der Waals surface area (Å²) >= 11 is 0. The molecule has 2 amide bonds. The zero-order valence-electron chi connectivity index (χ0n) is 16.4. The van der Waals surface area contributed by atoms with Crippen LogP contribution in [0, 0.1) is 5.92 Å². The minimum absolute atomic E-state index is 0.0774. The summed E-state index contributed by atoms with van der Waals surface area (Å²) < 4.78 is 5.24. The maximum atomic E-state index is 12.3. The quantitative estimate of drug-likeness (QED) is 0.709. The van der Waals surface area contributed by atoms with E-state index in [1.807, 2.05) is 30.3 Å². The minimum atomic E-state index is -0.413. The first-order valence-electron chi connectivity index (χ1n) is 9.69. The molecule has 1 fully saturated rings. The molecule has 2 N–H and O–H groups in total. The van der Waals surface area contributed by atoms with Crippen molar-refractivity contribution < 1.29 is 14.1 Å². The summed E-state index contributed by atoms with van der Waals surface area (Å²) in [5.41, 5.74) is 0.884. The molecular weight excluding hydrogens is 358 g/mol. The van der Waals surface area contributed by atoms with Gasteiger partial charge in [-0.2, -0.15) is 4.98 Å². The summed E-state index contributed by atoms with van der Waals surface area (Å²) in [7, 11) is 0. The first kappa shape index (κ1) is 20.0. The van der Waals surface area contributed by atoms with Crippen LogP contribution in [-0.2, 0) is 16.0 Å². The highest BCUT2D eigenvalue weighted by Crippen LogP contribution is 2.15. The largest absolute Gasteiger partial charge is 0.356 e. The molecular formula is C20H27N5O3. The molecule has 0 saturated carbocycles. The van der Waals surface area contributed by atoms with E-state index in [9.17, 15) is 9.59 Å². The third-order valence-electron chi connectivity index (χ3n) is 4.58. The van der Waals surface area contributed by atoms with Crippen molar-refractivity contribution in [2.75, 3.05) is 26.2 Å². The molecule has 1 saturated heterocycles. The van der Waals surface area contributed by atoms with Gasteiger partial charge in [-0.1, -0.05) is 49.3 Å². The maximum absolute atomic E-state index is 12.3. The summed E-state index contributed by atoms with van der Waals surface area (Å²) in [5.74, 6) is 1.21. The van der Waals surface area contributed by atoms with Gasteiger partial charge in [0, 0.05) is 38.2 Å². The second-order valence-electron chi connectivity index (χ2n) is 7.38. The topological polar surface area (TPSA) is 100 Å². The predicted octanol–water partition coefficient (Wildman–Crippen LogP) is 1.24. The molecule has 0 unspecified atom stereocenters. The first-order valence-corrected chi connectivity index (χ1v) is 9.69. The van der Waals surface area contributed by atoms with E-state index >= 15 is 0 Å². The predicted molar refractivity (Wildman–Crippen MR) is 104 cm³/mol. The monoisotopic (exact) mass is 385 g/mol. The van der Waals surface area contributed by atoms with E-state index in [4.69, 9.17) is 4.52 Å². The third-order valence-corrected chi connectivity index (χ3v) is 4.58. The first-order chi connectivity index (χ1) is 13.5. The number of hydrogen-bond acceptors (Lipinski definition) is 6. The van der Waals surface area contributed by atoms with Crippen molar-refractivity contribution in [1.29, 1.82) is 0 Å². The van der Waals surface area contributed by atoms with E-state index in [2.05, 4.69) is 39.5 Å². The Hall–Kier alpha value is -2.74. The molecule has 1 aliphatic heterocycles. The van der Waals surface area contributed by atoms with Gasteiger partial charge >= 0.3 is 0 Å². The second kappa shape index (κ2) is 9.45. The van der Waals surface area contributed by atoms with Crippen LogP contribution in [0.1, 0.15) is 26.2 Å². The number of aromatic nitrogens is 2. The number of amides is 2. The van der Waals surface area contributed by atoms with E-state index in [1.54, 1.807) is 0 Å². The smallest absolute Gasteiger partial charge is 0.237 e. The van der Waals surface area contributed by atoms with Gasteiger partial charge in [0.15, 0.2) is 0 Å². The lowest BCUT2D eigenvalue weighted by Crippen LogP contribution is -2.57. The molecule has 0 bridgehead atoms. The van der Waals surface area contributed by atoms with Crippen LogP contribution in [-0.4, -0.2) is 59.1 Å². The van der Waals surface area contributed by atoms with Crippen molar-refractivity contribution in [1.82, 2.24) is 25.7 Å². The Morgan fingerprint density at radius 2 is 2.14 bits per heavy atom. The average molecular weight is 385 g/mol. The Morgan fingerprint density at radius 3 is 2.89 bits per heavy atom. The molecule has 2 heterocycles. The number of rotatable bonds is 8. The van der Waals surface area contributed by atoms with Gasteiger partial charge < -0.3 is 15.2 Å². The number of piperazine rings is 1. The molecule has 1 aromatic carbocycles. The van der Waals surface area contributed by atoms with E-state index in [1.165, 1.54) is 0 Å². The standard InChI is InChI=1S/C20H27N5O3/c1-14(2)13-25-11-10-22-20(27)16(25)12-17(26)21-9-8-18-23-19(24-28-18)15-6-4-3-5-7-15/h3-7,14,16H,8-13H2,1-2H3,(H,21,26)(H,22,27)/t16-/m0/s1. The van der Waals surface area contributed by atoms with Crippen LogP contribution in [0.3, 0.4) is 0 Å². The highest BCUT2D eigenvalue weighted by atomic mass is 16.5. The van der Waals surface area contributed by atoms with Gasteiger partial charge in [0.05, 0.1) is 12.5 Å².